The summed E-state index contributed by atoms with van der Waals surface area (Å²) in [4.78, 5) is 26.9. The lowest BCUT2D eigenvalue weighted by Gasteiger charge is -2.08. The number of fused-ring (bicyclic) bond motifs is 1. The smallest absolute Gasteiger partial charge is 0.326 e. The Kier molecular flexibility index (Phi) is 3.52. The molecule has 0 aromatic carbocycles. The molecule has 0 saturated heterocycles. The highest BCUT2D eigenvalue weighted by Gasteiger charge is 2.32. The van der Waals surface area contributed by atoms with E-state index in [4.69, 9.17) is 5.11 Å². The third-order valence-corrected chi connectivity index (χ3v) is 4.93. The van der Waals surface area contributed by atoms with Crippen molar-refractivity contribution in [1.82, 2.24) is 9.55 Å². The van der Waals surface area contributed by atoms with Gasteiger partial charge in [0.2, 0.25) is 5.78 Å². The second-order valence-electron chi connectivity index (χ2n) is 5.37. The van der Waals surface area contributed by atoms with Gasteiger partial charge < -0.3 is 20.0 Å². The van der Waals surface area contributed by atoms with Crippen LogP contribution in [0.1, 0.15) is 27.4 Å². The molecular formula is C15H17N3O3S. The van der Waals surface area contributed by atoms with Crippen molar-refractivity contribution in [2.75, 3.05) is 11.6 Å². The van der Waals surface area contributed by atoms with Crippen molar-refractivity contribution in [1.29, 1.82) is 0 Å². The predicted molar refractivity (Wildman–Crippen MR) is 84.9 cm³/mol. The van der Waals surface area contributed by atoms with Gasteiger partial charge in [-0.25, -0.2) is 4.79 Å². The first kappa shape index (κ1) is 14.8. The Balaban J connectivity index is 1.94. The van der Waals surface area contributed by atoms with Crippen LogP contribution in [0.4, 0.5) is 5.69 Å². The van der Waals surface area contributed by atoms with E-state index in [0.717, 1.165) is 22.0 Å². The number of aromatic amines is 1. The van der Waals surface area contributed by atoms with Crippen LogP contribution in [0.5, 0.6) is 0 Å². The van der Waals surface area contributed by atoms with Gasteiger partial charge in [-0.2, -0.15) is 0 Å². The minimum Gasteiger partial charge on any atom is -0.480 e. The lowest BCUT2D eigenvalue weighted by Crippen LogP contribution is -2.27. The Labute approximate surface area is 131 Å². The van der Waals surface area contributed by atoms with Gasteiger partial charge >= 0.3 is 5.97 Å². The van der Waals surface area contributed by atoms with Gasteiger partial charge in [0.05, 0.1) is 22.1 Å². The third kappa shape index (κ3) is 2.12. The Morgan fingerprint density at radius 3 is 2.68 bits per heavy atom. The quantitative estimate of drug-likeness (QED) is 0.593. The van der Waals surface area contributed by atoms with Gasteiger partial charge in [-0.3, -0.25) is 4.79 Å². The lowest BCUT2D eigenvalue weighted by molar-refractivity contribution is -0.137. The van der Waals surface area contributed by atoms with Crippen LogP contribution in [0.25, 0.3) is 0 Å². The molecule has 0 spiro atoms. The van der Waals surface area contributed by atoms with Crippen molar-refractivity contribution < 1.29 is 14.7 Å². The Bertz CT molecular complexity index is 775. The summed E-state index contributed by atoms with van der Waals surface area (Å²) in [6, 6.07) is 3.11. The maximum atomic E-state index is 12.7. The fourth-order valence-corrected chi connectivity index (χ4v) is 3.44. The Morgan fingerprint density at radius 2 is 2.14 bits per heavy atom. The number of aliphatic carboxylic acids is 1. The molecule has 3 N–H and O–H groups in total. The molecule has 2 aromatic heterocycles. The number of nitrogens with one attached hydrogen (secondary N) is 2. The summed E-state index contributed by atoms with van der Waals surface area (Å²) in [5.74, 6) is -0.965. The number of carbonyl (C=O) groups excluding carboxylic acids is 1. The first-order chi connectivity index (χ1) is 10.4. The molecule has 6 nitrogen and oxygen atoms in total. The average Bonchev–Trinajstić information content (AvgIpc) is 3.13. The average molecular weight is 319 g/mol. The van der Waals surface area contributed by atoms with Crippen molar-refractivity contribution in [2.24, 2.45) is 7.05 Å². The largest absolute Gasteiger partial charge is 0.480 e. The molecule has 22 heavy (non-hydrogen) atoms. The highest BCUT2D eigenvalue weighted by molar-refractivity contribution is 7.98. The fraction of sp³-hybridized carbons (Fsp3) is 0.333. The number of carbonyl (C=O) groups is 2. The van der Waals surface area contributed by atoms with Gasteiger partial charge in [0.25, 0.3) is 0 Å². The number of ketones is 1. The zero-order valence-electron chi connectivity index (χ0n) is 12.6. The monoisotopic (exact) mass is 319 g/mol. The van der Waals surface area contributed by atoms with E-state index >= 15 is 0 Å². The molecular weight excluding hydrogens is 302 g/mol. The number of nitrogens with zero attached hydrogens (tertiary/aromatic N) is 1. The van der Waals surface area contributed by atoms with E-state index in [0.29, 0.717) is 17.8 Å². The van der Waals surface area contributed by atoms with Gasteiger partial charge in [0, 0.05) is 24.7 Å². The number of rotatable bonds is 4. The van der Waals surface area contributed by atoms with E-state index in [1.807, 2.05) is 36.9 Å². The molecule has 7 heteroatoms. The molecule has 0 radical (unpaired) electrons. The van der Waals surface area contributed by atoms with Crippen LogP contribution in [0.15, 0.2) is 17.2 Å². The molecule has 0 saturated carbocycles. The summed E-state index contributed by atoms with van der Waals surface area (Å²) >= 11 is 1.58. The maximum absolute atomic E-state index is 12.7. The summed E-state index contributed by atoms with van der Waals surface area (Å²) in [5.41, 5.74) is 3.44. The molecule has 3 rings (SSSR count). The third-order valence-electron chi connectivity index (χ3n) is 4.10. The molecule has 0 fully saturated rings. The van der Waals surface area contributed by atoms with Crippen LogP contribution in [-0.4, -0.2) is 38.7 Å². The van der Waals surface area contributed by atoms with Gasteiger partial charge in [0.1, 0.15) is 6.04 Å². The number of hydrogen-bond acceptors (Lipinski definition) is 4. The van der Waals surface area contributed by atoms with Crippen molar-refractivity contribution >= 4 is 29.2 Å². The van der Waals surface area contributed by atoms with Crippen molar-refractivity contribution in [3.8, 4) is 0 Å². The second-order valence-corrected chi connectivity index (χ2v) is 6.19. The number of carboxylic acid groups (broad SMARTS) is 1. The van der Waals surface area contributed by atoms with Crippen LogP contribution in [0, 0.1) is 6.92 Å². The zero-order valence-corrected chi connectivity index (χ0v) is 13.4. The molecule has 1 aliphatic rings. The lowest BCUT2D eigenvalue weighted by atomic mass is 10.1. The minimum atomic E-state index is -0.885. The van der Waals surface area contributed by atoms with Gasteiger partial charge in [-0.1, -0.05) is 0 Å². The Hall–Kier alpha value is -2.15. The van der Waals surface area contributed by atoms with E-state index in [9.17, 15) is 9.59 Å². The summed E-state index contributed by atoms with van der Waals surface area (Å²) in [5, 5.41) is 13.1. The van der Waals surface area contributed by atoms with Gasteiger partial charge in [-0.05, 0) is 25.3 Å². The maximum Gasteiger partial charge on any atom is 0.326 e. The van der Waals surface area contributed by atoms with Crippen LogP contribution < -0.4 is 5.32 Å². The minimum absolute atomic E-state index is 0.0802. The van der Waals surface area contributed by atoms with Gasteiger partial charge in [-0.15, -0.1) is 11.8 Å². The van der Waals surface area contributed by atoms with Crippen molar-refractivity contribution in [3.05, 3.63) is 34.8 Å². The molecule has 3 heterocycles. The zero-order chi connectivity index (χ0) is 16.0. The molecule has 0 aliphatic carbocycles. The van der Waals surface area contributed by atoms with E-state index in [2.05, 4.69) is 10.3 Å². The van der Waals surface area contributed by atoms with Crippen LogP contribution in [0.3, 0.4) is 0 Å². The molecule has 116 valence electrons. The Morgan fingerprint density at radius 1 is 1.41 bits per heavy atom. The number of carboxylic acids is 1. The number of H-pyrrole nitrogens is 1. The number of aromatic nitrogens is 2. The summed E-state index contributed by atoms with van der Waals surface area (Å²) < 4.78 is 1.87. The van der Waals surface area contributed by atoms with E-state index < -0.39 is 12.0 Å². The highest BCUT2D eigenvalue weighted by atomic mass is 32.2. The molecule has 0 bridgehead atoms. The van der Waals surface area contributed by atoms with E-state index in [-0.39, 0.29) is 5.78 Å². The fourth-order valence-electron chi connectivity index (χ4n) is 2.87. The standard InChI is InChI=1S/C15H17N3O3S/c1-7-12-8(6-9(17-12)15(20)21)16-13(7)14(19)10-4-5-11(22-3)18(10)2/h4-5,9,16-17H,6H2,1-3H3,(H,20,21). The molecule has 0 amide bonds. The van der Waals surface area contributed by atoms with E-state index in [1.165, 1.54) is 0 Å². The summed E-state index contributed by atoms with van der Waals surface area (Å²) in [7, 11) is 1.86. The van der Waals surface area contributed by atoms with Gasteiger partial charge in [0.15, 0.2) is 0 Å². The molecule has 1 atom stereocenters. The van der Waals surface area contributed by atoms with E-state index in [1.54, 1.807) is 11.8 Å². The second kappa shape index (κ2) is 5.24. The first-order valence-electron chi connectivity index (χ1n) is 6.89. The van der Waals surface area contributed by atoms with Crippen molar-refractivity contribution in [2.45, 2.75) is 24.4 Å². The molecule has 1 aliphatic heterocycles. The number of thioether (sulfide) groups is 1. The molecule has 1 unspecified atom stereocenters. The number of anilines is 1. The van der Waals surface area contributed by atoms with Crippen LogP contribution >= 0.6 is 11.8 Å². The number of hydrogen-bond donors (Lipinski definition) is 3. The first-order valence-corrected chi connectivity index (χ1v) is 8.11. The van der Waals surface area contributed by atoms with Crippen molar-refractivity contribution in [3.63, 3.8) is 0 Å². The normalized spacial score (nSPS) is 16.4. The molecule has 2 aromatic rings. The van der Waals surface area contributed by atoms with Crippen LogP contribution in [0.2, 0.25) is 0 Å². The highest BCUT2D eigenvalue weighted by Crippen LogP contribution is 2.33. The SMILES string of the molecule is CSc1ccc(C(=O)c2[nH]c3c(c2C)NC(C(=O)O)C3)n1C. The topological polar surface area (TPSA) is 87.1 Å². The summed E-state index contributed by atoms with van der Waals surface area (Å²) in [6.45, 7) is 1.83. The summed E-state index contributed by atoms with van der Waals surface area (Å²) in [6.07, 6.45) is 2.33. The van der Waals surface area contributed by atoms with Crippen LogP contribution in [-0.2, 0) is 18.3 Å². The predicted octanol–water partition coefficient (Wildman–Crippen LogP) is 2.04.